The first kappa shape index (κ1) is 10.5. The minimum atomic E-state index is 0.0137. The van der Waals surface area contributed by atoms with Crippen LogP contribution >= 0.6 is 0 Å². The van der Waals surface area contributed by atoms with Gasteiger partial charge in [0, 0.05) is 32.3 Å². The number of carbonyl (C=O) groups is 1. The normalized spacial score (nSPS) is 10.7. The summed E-state index contributed by atoms with van der Waals surface area (Å²) >= 11 is 0. The number of rotatable bonds is 4. The fraction of sp³-hybridized carbons (Fsp3) is 0.400. The van der Waals surface area contributed by atoms with Gasteiger partial charge >= 0.3 is 0 Å². The van der Waals surface area contributed by atoms with Crippen LogP contribution in [0.1, 0.15) is 18.9 Å². The molecule has 1 N–H and O–H groups in total. The summed E-state index contributed by atoms with van der Waals surface area (Å²) in [6.45, 7) is 2.21. The zero-order valence-corrected chi connectivity index (χ0v) is 8.53. The number of aromatic nitrogens is 2. The molecule has 76 valence electrons. The highest BCUT2D eigenvalue weighted by Crippen LogP contribution is 1.99. The summed E-state index contributed by atoms with van der Waals surface area (Å²) in [4.78, 5) is 10.5. The second-order valence-corrected chi connectivity index (χ2v) is 3.12. The van der Waals surface area contributed by atoms with E-state index in [0.29, 0.717) is 6.54 Å². The van der Waals surface area contributed by atoms with Crippen molar-refractivity contribution in [2.24, 2.45) is 7.05 Å². The Balaban J connectivity index is 2.24. The van der Waals surface area contributed by atoms with E-state index in [0.717, 1.165) is 12.0 Å². The molecule has 1 heterocycles. The van der Waals surface area contributed by atoms with Gasteiger partial charge in [-0.1, -0.05) is 12.2 Å². The lowest BCUT2D eigenvalue weighted by Gasteiger charge is -1.95. The number of nitrogens with zero attached hydrogens (tertiary/aromatic N) is 2. The number of nitrogens with one attached hydrogen (secondary N) is 1. The molecule has 0 saturated heterocycles. The van der Waals surface area contributed by atoms with Gasteiger partial charge in [-0.3, -0.25) is 9.48 Å². The van der Waals surface area contributed by atoms with E-state index < -0.39 is 0 Å². The summed E-state index contributed by atoms with van der Waals surface area (Å²) in [5, 5.41) is 6.77. The van der Waals surface area contributed by atoms with E-state index in [1.54, 1.807) is 10.9 Å². The molecule has 0 unspecified atom stereocenters. The molecule has 0 radical (unpaired) electrons. The minimum Gasteiger partial charge on any atom is -0.356 e. The van der Waals surface area contributed by atoms with Crippen molar-refractivity contribution in [1.29, 1.82) is 0 Å². The third-order valence-corrected chi connectivity index (χ3v) is 1.72. The maximum Gasteiger partial charge on any atom is 0.216 e. The molecule has 4 heteroatoms. The van der Waals surface area contributed by atoms with Crippen molar-refractivity contribution in [3.8, 4) is 0 Å². The van der Waals surface area contributed by atoms with Crippen LogP contribution in [0.4, 0.5) is 0 Å². The predicted molar refractivity (Wildman–Crippen MR) is 55.5 cm³/mol. The maximum absolute atomic E-state index is 10.5. The lowest BCUT2D eigenvalue weighted by Crippen LogP contribution is -2.20. The fourth-order valence-electron chi connectivity index (χ4n) is 1.08. The molecule has 0 aliphatic rings. The zero-order chi connectivity index (χ0) is 10.4. The van der Waals surface area contributed by atoms with Gasteiger partial charge in [-0.2, -0.15) is 5.10 Å². The highest BCUT2D eigenvalue weighted by Gasteiger charge is 1.90. The van der Waals surface area contributed by atoms with Gasteiger partial charge < -0.3 is 5.32 Å². The Morgan fingerprint density at radius 2 is 2.50 bits per heavy atom. The van der Waals surface area contributed by atoms with Gasteiger partial charge in [-0.25, -0.2) is 0 Å². The average Bonchev–Trinajstić information content (AvgIpc) is 2.50. The Labute approximate surface area is 83.6 Å². The molecule has 1 rings (SSSR count). The largest absolute Gasteiger partial charge is 0.356 e. The van der Waals surface area contributed by atoms with Crippen LogP contribution in [0.3, 0.4) is 0 Å². The van der Waals surface area contributed by atoms with Crippen LogP contribution in [-0.4, -0.2) is 22.2 Å². The maximum atomic E-state index is 10.5. The molecule has 0 saturated carbocycles. The third kappa shape index (κ3) is 3.89. The summed E-state index contributed by atoms with van der Waals surface area (Å²) in [5.41, 5.74) is 1.08. The molecular weight excluding hydrogens is 178 g/mol. The predicted octanol–water partition coefficient (Wildman–Crippen LogP) is 0.959. The van der Waals surface area contributed by atoms with E-state index in [-0.39, 0.29) is 5.91 Å². The lowest BCUT2D eigenvalue weighted by molar-refractivity contribution is -0.118. The van der Waals surface area contributed by atoms with E-state index in [1.807, 2.05) is 25.4 Å². The average molecular weight is 193 g/mol. The Kier molecular flexibility index (Phi) is 3.91. The van der Waals surface area contributed by atoms with Crippen molar-refractivity contribution >= 4 is 12.0 Å². The molecule has 0 bridgehead atoms. The molecular formula is C10H15N3O. The van der Waals surface area contributed by atoms with Crippen LogP contribution in [-0.2, 0) is 11.8 Å². The standard InChI is InChI=1S/C10H15N3O/c1-9(14)11-6-4-3-5-10-7-12-13(2)8-10/h3,5,7-8H,4,6H2,1-2H3,(H,11,14). The van der Waals surface area contributed by atoms with Gasteiger partial charge in [-0.15, -0.1) is 0 Å². The second-order valence-electron chi connectivity index (χ2n) is 3.12. The SMILES string of the molecule is CC(=O)NCCC=Cc1cnn(C)c1. The molecule has 14 heavy (non-hydrogen) atoms. The Hall–Kier alpha value is -1.58. The first-order chi connectivity index (χ1) is 6.68. The van der Waals surface area contributed by atoms with Crippen LogP contribution in [0.25, 0.3) is 6.08 Å². The number of hydrogen-bond donors (Lipinski definition) is 1. The monoisotopic (exact) mass is 193 g/mol. The van der Waals surface area contributed by atoms with E-state index in [4.69, 9.17) is 0 Å². The Bertz CT molecular complexity index is 328. The first-order valence-electron chi connectivity index (χ1n) is 4.58. The van der Waals surface area contributed by atoms with Gasteiger partial charge in [0.25, 0.3) is 0 Å². The molecule has 0 aliphatic carbocycles. The molecule has 0 spiro atoms. The van der Waals surface area contributed by atoms with E-state index in [9.17, 15) is 4.79 Å². The first-order valence-corrected chi connectivity index (χ1v) is 4.58. The summed E-state index contributed by atoms with van der Waals surface area (Å²) < 4.78 is 1.76. The highest BCUT2D eigenvalue weighted by molar-refractivity contribution is 5.72. The van der Waals surface area contributed by atoms with Gasteiger partial charge in [0.1, 0.15) is 0 Å². The van der Waals surface area contributed by atoms with Crippen LogP contribution in [0.2, 0.25) is 0 Å². The molecule has 1 amide bonds. The summed E-state index contributed by atoms with van der Waals surface area (Å²) in [5.74, 6) is 0.0137. The molecule has 0 atom stereocenters. The van der Waals surface area contributed by atoms with Crippen molar-refractivity contribution in [3.05, 3.63) is 24.0 Å². The summed E-state index contributed by atoms with van der Waals surface area (Å²) in [6, 6.07) is 0. The van der Waals surface area contributed by atoms with E-state index in [2.05, 4.69) is 10.4 Å². The molecule has 1 aromatic heterocycles. The number of hydrogen-bond acceptors (Lipinski definition) is 2. The van der Waals surface area contributed by atoms with Crippen LogP contribution in [0.15, 0.2) is 18.5 Å². The number of amides is 1. The lowest BCUT2D eigenvalue weighted by atomic mass is 10.3. The highest BCUT2D eigenvalue weighted by atomic mass is 16.1. The zero-order valence-electron chi connectivity index (χ0n) is 8.53. The molecule has 0 aliphatic heterocycles. The molecule has 0 fully saturated rings. The van der Waals surface area contributed by atoms with Crippen molar-refractivity contribution in [2.75, 3.05) is 6.54 Å². The summed E-state index contributed by atoms with van der Waals surface area (Å²) in [6.07, 6.45) is 8.60. The Morgan fingerprint density at radius 3 is 3.07 bits per heavy atom. The van der Waals surface area contributed by atoms with Crippen molar-refractivity contribution < 1.29 is 4.79 Å². The van der Waals surface area contributed by atoms with Crippen LogP contribution in [0.5, 0.6) is 0 Å². The van der Waals surface area contributed by atoms with Gasteiger partial charge in [0.2, 0.25) is 5.91 Å². The van der Waals surface area contributed by atoms with Gasteiger partial charge in [0.05, 0.1) is 6.20 Å². The third-order valence-electron chi connectivity index (χ3n) is 1.72. The fourth-order valence-corrected chi connectivity index (χ4v) is 1.08. The number of aryl methyl sites for hydroxylation is 1. The second kappa shape index (κ2) is 5.21. The topological polar surface area (TPSA) is 46.9 Å². The smallest absolute Gasteiger partial charge is 0.216 e. The molecule has 4 nitrogen and oxygen atoms in total. The van der Waals surface area contributed by atoms with Gasteiger partial charge in [-0.05, 0) is 6.42 Å². The van der Waals surface area contributed by atoms with Crippen molar-refractivity contribution in [3.63, 3.8) is 0 Å². The van der Waals surface area contributed by atoms with E-state index in [1.165, 1.54) is 6.92 Å². The Morgan fingerprint density at radius 1 is 1.71 bits per heavy atom. The summed E-state index contributed by atoms with van der Waals surface area (Å²) in [7, 11) is 1.88. The quantitative estimate of drug-likeness (QED) is 0.724. The minimum absolute atomic E-state index is 0.0137. The van der Waals surface area contributed by atoms with Crippen LogP contribution in [0, 0.1) is 0 Å². The number of carbonyl (C=O) groups excluding carboxylic acids is 1. The van der Waals surface area contributed by atoms with Gasteiger partial charge in [0.15, 0.2) is 0 Å². The van der Waals surface area contributed by atoms with Crippen molar-refractivity contribution in [1.82, 2.24) is 15.1 Å². The van der Waals surface area contributed by atoms with Crippen molar-refractivity contribution in [2.45, 2.75) is 13.3 Å². The molecule has 1 aromatic rings. The van der Waals surface area contributed by atoms with Crippen LogP contribution < -0.4 is 5.32 Å². The molecule has 0 aromatic carbocycles. The van der Waals surface area contributed by atoms with E-state index >= 15 is 0 Å².